The summed E-state index contributed by atoms with van der Waals surface area (Å²) in [6.07, 6.45) is -0.888. The van der Waals surface area contributed by atoms with E-state index in [2.05, 4.69) is 15.9 Å². The van der Waals surface area contributed by atoms with Gasteiger partial charge < -0.3 is 14.0 Å². The highest BCUT2D eigenvalue weighted by molar-refractivity contribution is 9.10. The Morgan fingerprint density at radius 3 is 2.50 bits per heavy atom. The SMILES string of the molecule is CCOC(=O)[C@@H]1Oc2cc(C)n(Cc3ccccc3)c(=O)c2[C@H]1c1ccc(Br)cc1. The van der Waals surface area contributed by atoms with Crippen molar-refractivity contribution in [2.75, 3.05) is 6.61 Å². The van der Waals surface area contributed by atoms with Crippen LogP contribution < -0.4 is 10.3 Å². The standard InChI is InChI=1S/C24H22BrNO4/c1-3-29-24(28)22-20(17-9-11-18(25)12-10-17)21-19(30-22)13-15(2)26(23(21)27)14-16-7-5-4-6-8-16/h4-13,20,22H,3,14H2,1-2H3/t20-,22-/m1/s1. The maximum absolute atomic E-state index is 13.6. The highest BCUT2D eigenvalue weighted by Gasteiger charge is 2.44. The predicted molar refractivity (Wildman–Crippen MR) is 118 cm³/mol. The van der Waals surface area contributed by atoms with Gasteiger partial charge in [0.25, 0.3) is 5.56 Å². The fraction of sp³-hybridized carbons (Fsp3) is 0.250. The van der Waals surface area contributed by atoms with Gasteiger partial charge in [-0.2, -0.15) is 0 Å². The molecule has 154 valence electrons. The molecule has 1 aliphatic heterocycles. The van der Waals surface area contributed by atoms with E-state index in [1.54, 1.807) is 11.5 Å². The molecule has 1 aliphatic rings. The third-order valence-electron chi connectivity index (χ3n) is 5.31. The summed E-state index contributed by atoms with van der Waals surface area (Å²) in [6, 6.07) is 19.3. The van der Waals surface area contributed by atoms with Gasteiger partial charge in [-0.05, 0) is 37.1 Å². The fourth-order valence-electron chi connectivity index (χ4n) is 3.88. The second kappa shape index (κ2) is 8.48. The molecule has 0 aliphatic carbocycles. The number of fused-ring (bicyclic) bond motifs is 1. The van der Waals surface area contributed by atoms with Crippen LogP contribution in [0.2, 0.25) is 0 Å². The van der Waals surface area contributed by atoms with Crippen LogP contribution >= 0.6 is 15.9 Å². The Kier molecular flexibility index (Phi) is 5.77. The number of hydrogen-bond donors (Lipinski definition) is 0. The second-order valence-electron chi connectivity index (χ2n) is 7.26. The largest absolute Gasteiger partial charge is 0.477 e. The third kappa shape index (κ3) is 3.79. The number of hydrogen-bond acceptors (Lipinski definition) is 4. The van der Waals surface area contributed by atoms with E-state index in [0.29, 0.717) is 17.9 Å². The lowest BCUT2D eigenvalue weighted by molar-refractivity contribution is -0.151. The molecule has 2 atom stereocenters. The van der Waals surface area contributed by atoms with E-state index in [9.17, 15) is 9.59 Å². The molecule has 30 heavy (non-hydrogen) atoms. The summed E-state index contributed by atoms with van der Waals surface area (Å²) in [5.74, 6) is -0.539. The Morgan fingerprint density at radius 1 is 1.13 bits per heavy atom. The quantitative estimate of drug-likeness (QED) is 0.521. The Labute approximate surface area is 183 Å². The first kappa shape index (κ1) is 20.4. The molecule has 0 saturated heterocycles. The van der Waals surface area contributed by atoms with E-state index in [-0.39, 0.29) is 12.2 Å². The Balaban J connectivity index is 1.84. The monoisotopic (exact) mass is 467 g/mol. The lowest BCUT2D eigenvalue weighted by Crippen LogP contribution is -2.33. The molecule has 0 unspecified atom stereocenters. The van der Waals surface area contributed by atoms with Gasteiger partial charge in [-0.25, -0.2) is 4.79 Å². The smallest absolute Gasteiger partial charge is 0.348 e. The number of carbonyl (C=O) groups excluding carboxylic acids is 1. The van der Waals surface area contributed by atoms with E-state index in [0.717, 1.165) is 21.3 Å². The molecule has 2 aromatic carbocycles. The van der Waals surface area contributed by atoms with Crippen molar-refractivity contribution in [1.29, 1.82) is 0 Å². The van der Waals surface area contributed by atoms with Crippen LogP contribution in [0.15, 0.2) is 69.9 Å². The van der Waals surface area contributed by atoms with E-state index >= 15 is 0 Å². The van der Waals surface area contributed by atoms with Crippen LogP contribution in [0.25, 0.3) is 0 Å². The lowest BCUT2D eigenvalue weighted by atomic mass is 9.88. The highest BCUT2D eigenvalue weighted by atomic mass is 79.9. The number of pyridine rings is 1. The van der Waals surface area contributed by atoms with Crippen molar-refractivity contribution in [3.63, 3.8) is 0 Å². The number of aromatic nitrogens is 1. The molecular formula is C24H22BrNO4. The van der Waals surface area contributed by atoms with Crippen LogP contribution in [0.4, 0.5) is 0 Å². The Hall–Kier alpha value is -2.86. The van der Waals surface area contributed by atoms with Gasteiger partial charge in [0, 0.05) is 16.2 Å². The number of rotatable bonds is 5. The lowest BCUT2D eigenvalue weighted by Gasteiger charge is -2.18. The third-order valence-corrected chi connectivity index (χ3v) is 5.83. The average Bonchev–Trinajstić information content (AvgIpc) is 3.12. The summed E-state index contributed by atoms with van der Waals surface area (Å²) in [7, 11) is 0. The number of carbonyl (C=O) groups is 1. The summed E-state index contributed by atoms with van der Waals surface area (Å²) < 4.78 is 13.9. The van der Waals surface area contributed by atoms with Crippen molar-refractivity contribution < 1.29 is 14.3 Å². The minimum absolute atomic E-state index is 0.145. The summed E-state index contributed by atoms with van der Waals surface area (Å²) in [5, 5.41) is 0. The van der Waals surface area contributed by atoms with Crippen LogP contribution in [-0.2, 0) is 16.1 Å². The Morgan fingerprint density at radius 2 is 1.83 bits per heavy atom. The van der Waals surface area contributed by atoms with Crippen LogP contribution in [0.5, 0.6) is 5.75 Å². The predicted octanol–water partition coefficient (Wildman–Crippen LogP) is 4.42. The van der Waals surface area contributed by atoms with Crippen molar-refractivity contribution in [1.82, 2.24) is 4.57 Å². The van der Waals surface area contributed by atoms with Gasteiger partial charge in [-0.1, -0.05) is 58.4 Å². The van der Waals surface area contributed by atoms with Gasteiger partial charge >= 0.3 is 5.97 Å². The van der Waals surface area contributed by atoms with E-state index in [1.165, 1.54) is 0 Å². The van der Waals surface area contributed by atoms with Crippen LogP contribution in [0, 0.1) is 6.92 Å². The molecule has 0 fully saturated rings. The summed E-state index contributed by atoms with van der Waals surface area (Å²) in [4.78, 5) is 26.3. The molecule has 0 radical (unpaired) electrons. The average molecular weight is 468 g/mol. The van der Waals surface area contributed by atoms with E-state index < -0.39 is 18.0 Å². The first-order valence-electron chi connectivity index (χ1n) is 9.86. The summed E-state index contributed by atoms with van der Waals surface area (Å²) in [5.41, 5.74) is 3.00. The van der Waals surface area contributed by atoms with Crippen molar-refractivity contribution in [2.45, 2.75) is 32.4 Å². The van der Waals surface area contributed by atoms with Crippen LogP contribution in [-0.4, -0.2) is 23.2 Å². The van der Waals surface area contributed by atoms with Crippen LogP contribution in [0.1, 0.15) is 35.2 Å². The second-order valence-corrected chi connectivity index (χ2v) is 8.18. The molecule has 0 N–H and O–H groups in total. The van der Waals surface area contributed by atoms with Crippen molar-refractivity contribution >= 4 is 21.9 Å². The van der Waals surface area contributed by atoms with Gasteiger partial charge in [0.2, 0.25) is 6.10 Å². The number of aryl methyl sites for hydroxylation is 1. The van der Waals surface area contributed by atoms with Gasteiger partial charge in [-0.15, -0.1) is 0 Å². The van der Waals surface area contributed by atoms with Gasteiger partial charge in [0.05, 0.1) is 24.6 Å². The topological polar surface area (TPSA) is 57.5 Å². The Bertz CT molecular complexity index is 1120. The number of esters is 1. The van der Waals surface area contributed by atoms with Crippen LogP contribution in [0.3, 0.4) is 0 Å². The molecule has 3 aromatic rings. The van der Waals surface area contributed by atoms with Crippen molar-refractivity contribution in [3.05, 3.63) is 97.9 Å². The van der Waals surface area contributed by atoms with E-state index in [1.807, 2.05) is 67.6 Å². The van der Waals surface area contributed by atoms with E-state index in [4.69, 9.17) is 9.47 Å². The fourth-order valence-corrected chi connectivity index (χ4v) is 4.14. The molecule has 0 saturated carbocycles. The molecule has 0 bridgehead atoms. The molecule has 0 spiro atoms. The minimum atomic E-state index is -0.888. The zero-order chi connectivity index (χ0) is 21.3. The summed E-state index contributed by atoms with van der Waals surface area (Å²) >= 11 is 3.44. The molecule has 0 amide bonds. The van der Waals surface area contributed by atoms with Gasteiger partial charge in [0.1, 0.15) is 5.75 Å². The molecule has 6 heteroatoms. The normalized spacial score (nSPS) is 17.3. The number of ether oxygens (including phenoxy) is 2. The minimum Gasteiger partial charge on any atom is -0.477 e. The number of nitrogens with zero attached hydrogens (tertiary/aromatic N) is 1. The van der Waals surface area contributed by atoms with Crippen molar-refractivity contribution in [2.24, 2.45) is 0 Å². The zero-order valence-corrected chi connectivity index (χ0v) is 18.4. The maximum atomic E-state index is 13.6. The highest BCUT2D eigenvalue weighted by Crippen LogP contribution is 2.41. The first-order valence-corrected chi connectivity index (χ1v) is 10.7. The number of benzene rings is 2. The molecule has 1 aromatic heterocycles. The maximum Gasteiger partial charge on any atom is 0.348 e. The van der Waals surface area contributed by atoms with Crippen molar-refractivity contribution in [3.8, 4) is 5.75 Å². The molecule has 4 rings (SSSR count). The molecule has 5 nitrogen and oxygen atoms in total. The molecular weight excluding hydrogens is 446 g/mol. The van der Waals surface area contributed by atoms with Gasteiger partial charge in [-0.3, -0.25) is 4.79 Å². The van der Waals surface area contributed by atoms with Gasteiger partial charge in [0.15, 0.2) is 0 Å². The molecule has 2 heterocycles. The summed E-state index contributed by atoms with van der Waals surface area (Å²) in [6.45, 7) is 4.33. The number of halogens is 1. The first-order chi connectivity index (χ1) is 14.5. The zero-order valence-electron chi connectivity index (χ0n) is 16.8.